The number of carbonyl (C=O) groups is 1. The molecule has 0 N–H and O–H groups in total. The van der Waals surface area contributed by atoms with Gasteiger partial charge in [0, 0.05) is 56.6 Å². The molecule has 2 saturated heterocycles. The van der Waals surface area contributed by atoms with Crippen LogP contribution in [0.4, 0.5) is 17.1 Å². The molecular weight excluding hydrogens is 396 g/mol. The first-order valence-electron chi connectivity index (χ1n) is 10.8. The van der Waals surface area contributed by atoms with Gasteiger partial charge in [-0.2, -0.15) is 0 Å². The minimum absolute atomic E-state index is 0.0182. The highest BCUT2D eigenvalue weighted by atomic mass is 16.6. The molecule has 31 heavy (non-hydrogen) atoms. The van der Waals surface area contributed by atoms with Crippen molar-refractivity contribution in [2.24, 2.45) is 0 Å². The Morgan fingerprint density at radius 3 is 2.19 bits per heavy atom. The molecule has 1 amide bonds. The van der Waals surface area contributed by atoms with Crippen molar-refractivity contribution in [3.63, 3.8) is 0 Å². The molecule has 2 fully saturated rings. The number of rotatable bonds is 5. The summed E-state index contributed by atoms with van der Waals surface area (Å²) in [7, 11) is 1.64. The van der Waals surface area contributed by atoms with Gasteiger partial charge in [-0.15, -0.1) is 0 Å². The molecule has 0 aliphatic carbocycles. The van der Waals surface area contributed by atoms with Crippen LogP contribution in [0.2, 0.25) is 0 Å². The fraction of sp³-hybridized carbons (Fsp3) is 0.435. The molecule has 0 radical (unpaired) electrons. The number of nitro benzene ring substituents is 1. The van der Waals surface area contributed by atoms with Gasteiger partial charge >= 0.3 is 0 Å². The normalized spacial score (nSPS) is 16.9. The second-order valence-corrected chi connectivity index (χ2v) is 7.99. The Balaban J connectivity index is 1.44. The average Bonchev–Trinajstić information content (AvgIpc) is 2.84. The lowest BCUT2D eigenvalue weighted by atomic mass is 10.1. The molecule has 164 valence electrons. The van der Waals surface area contributed by atoms with E-state index in [9.17, 15) is 14.9 Å². The molecule has 2 aromatic rings. The summed E-state index contributed by atoms with van der Waals surface area (Å²) in [6.07, 6.45) is 3.23. The van der Waals surface area contributed by atoms with Crippen LogP contribution in [0.5, 0.6) is 5.75 Å². The Hall–Kier alpha value is -3.29. The van der Waals surface area contributed by atoms with Crippen molar-refractivity contribution in [2.45, 2.75) is 19.3 Å². The summed E-state index contributed by atoms with van der Waals surface area (Å²) in [4.78, 5) is 30.4. The highest BCUT2D eigenvalue weighted by Crippen LogP contribution is 2.32. The number of benzene rings is 2. The molecule has 0 spiro atoms. The fourth-order valence-corrected chi connectivity index (χ4v) is 4.35. The fourth-order valence-electron chi connectivity index (χ4n) is 4.35. The van der Waals surface area contributed by atoms with Crippen molar-refractivity contribution >= 4 is 23.0 Å². The van der Waals surface area contributed by atoms with Crippen molar-refractivity contribution < 1.29 is 14.5 Å². The number of methoxy groups -OCH3 is 1. The van der Waals surface area contributed by atoms with Gasteiger partial charge in [-0.1, -0.05) is 0 Å². The van der Waals surface area contributed by atoms with Crippen LogP contribution < -0.4 is 14.5 Å². The maximum Gasteiger partial charge on any atom is 0.293 e. The summed E-state index contributed by atoms with van der Waals surface area (Å²) in [6, 6.07) is 12.8. The Labute approximate surface area is 182 Å². The van der Waals surface area contributed by atoms with Crippen molar-refractivity contribution in [3.05, 3.63) is 58.1 Å². The van der Waals surface area contributed by atoms with E-state index < -0.39 is 0 Å². The first-order chi connectivity index (χ1) is 15.1. The van der Waals surface area contributed by atoms with Gasteiger partial charge in [0.1, 0.15) is 11.4 Å². The Morgan fingerprint density at radius 1 is 0.903 bits per heavy atom. The van der Waals surface area contributed by atoms with E-state index >= 15 is 0 Å². The predicted molar refractivity (Wildman–Crippen MR) is 120 cm³/mol. The lowest BCUT2D eigenvalue weighted by Crippen LogP contribution is -2.48. The van der Waals surface area contributed by atoms with Crippen molar-refractivity contribution in [2.75, 3.05) is 56.2 Å². The summed E-state index contributed by atoms with van der Waals surface area (Å²) < 4.78 is 5.21. The van der Waals surface area contributed by atoms with Crippen LogP contribution in [-0.2, 0) is 0 Å². The van der Waals surface area contributed by atoms with E-state index in [0.29, 0.717) is 37.4 Å². The van der Waals surface area contributed by atoms with Gasteiger partial charge < -0.3 is 19.4 Å². The molecule has 4 rings (SSSR count). The molecule has 8 nitrogen and oxygen atoms in total. The number of ether oxygens (including phenoxy) is 1. The minimum Gasteiger partial charge on any atom is -0.497 e. The lowest BCUT2D eigenvalue weighted by molar-refractivity contribution is -0.384. The first kappa shape index (κ1) is 21.0. The number of amides is 1. The van der Waals surface area contributed by atoms with Crippen LogP contribution in [0, 0.1) is 10.1 Å². The molecule has 0 aromatic heterocycles. The summed E-state index contributed by atoms with van der Waals surface area (Å²) >= 11 is 0. The largest absolute Gasteiger partial charge is 0.497 e. The van der Waals surface area contributed by atoms with E-state index in [1.807, 2.05) is 24.3 Å². The van der Waals surface area contributed by atoms with Crippen LogP contribution in [0.25, 0.3) is 0 Å². The third-order valence-electron chi connectivity index (χ3n) is 6.12. The van der Waals surface area contributed by atoms with Crippen LogP contribution >= 0.6 is 0 Å². The predicted octanol–water partition coefficient (Wildman–Crippen LogP) is 3.56. The molecule has 0 unspecified atom stereocenters. The molecule has 2 aliphatic rings. The Morgan fingerprint density at radius 2 is 1.58 bits per heavy atom. The summed E-state index contributed by atoms with van der Waals surface area (Å²) in [6.45, 7) is 4.22. The highest BCUT2D eigenvalue weighted by Gasteiger charge is 2.27. The summed E-state index contributed by atoms with van der Waals surface area (Å²) in [5, 5.41) is 11.7. The number of anilines is 2. The van der Waals surface area contributed by atoms with Gasteiger partial charge in [0.05, 0.1) is 12.0 Å². The molecular formula is C23H28N4O4. The van der Waals surface area contributed by atoms with Gasteiger partial charge in [-0.25, -0.2) is 0 Å². The van der Waals surface area contributed by atoms with Gasteiger partial charge in [0.15, 0.2) is 0 Å². The van der Waals surface area contributed by atoms with Crippen LogP contribution in [0.1, 0.15) is 29.6 Å². The maximum atomic E-state index is 13.0. The third kappa shape index (κ3) is 4.57. The van der Waals surface area contributed by atoms with Gasteiger partial charge in [-0.3, -0.25) is 14.9 Å². The highest BCUT2D eigenvalue weighted by molar-refractivity contribution is 5.96. The number of carbonyl (C=O) groups excluding carboxylic acids is 1. The quantitative estimate of drug-likeness (QED) is 0.539. The van der Waals surface area contributed by atoms with Crippen LogP contribution in [0.3, 0.4) is 0 Å². The first-order valence-corrected chi connectivity index (χ1v) is 10.8. The maximum absolute atomic E-state index is 13.0. The summed E-state index contributed by atoms with van der Waals surface area (Å²) in [5.74, 6) is 0.662. The molecule has 2 aromatic carbocycles. The molecule has 0 bridgehead atoms. The number of hydrogen-bond donors (Lipinski definition) is 0. The van der Waals surface area contributed by atoms with Crippen LogP contribution in [0.15, 0.2) is 42.5 Å². The van der Waals surface area contributed by atoms with E-state index in [2.05, 4.69) is 9.80 Å². The zero-order valence-corrected chi connectivity index (χ0v) is 17.8. The number of hydrogen-bond acceptors (Lipinski definition) is 6. The van der Waals surface area contributed by atoms with Crippen molar-refractivity contribution in [1.82, 2.24) is 4.90 Å². The van der Waals surface area contributed by atoms with E-state index in [0.717, 1.165) is 43.8 Å². The lowest BCUT2D eigenvalue weighted by Gasteiger charge is -2.36. The molecule has 0 saturated carbocycles. The smallest absolute Gasteiger partial charge is 0.293 e. The van der Waals surface area contributed by atoms with Gasteiger partial charge in [-0.05, 0) is 55.7 Å². The second kappa shape index (κ2) is 9.24. The van der Waals surface area contributed by atoms with E-state index in [1.165, 1.54) is 6.07 Å². The topological polar surface area (TPSA) is 79.2 Å². The minimum atomic E-state index is -0.373. The molecule has 0 atom stereocenters. The molecule has 8 heteroatoms. The number of nitro groups is 1. The molecule has 2 heterocycles. The Bertz CT molecular complexity index is 933. The Kier molecular flexibility index (Phi) is 6.25. The standard InChI is InChI=1S/C23H28N4O4/c1-31-20-8-6-19(7-9-20)24-13-15-26(16-14-24)23(28)18-5-10-21(22(17-18)27(29)30)25-11-3-2-4-12-25/h5-10,17H,2-4,11-16H2,1H3. The number of piperazine rings is 1. The van der Waals surface area contributed by atoms with Crippen LogP contribution in [-0.4, -0.2) is 62.1 Å². The monoisotopic (exact) mass is 424 g/mol. The number of nitrogens with zero attached hydrogens (tertiary/aromatic N) is 4. The summed E-state index contributed by atoms with van der Waals surface area (Å²) in [5.41, 5.74) is 2.11. The third-order valence-corrected chi connectivity index (χ3v) is 6.12. The second-order valence-electron chi connectivity index (χ2n) is 7.99. The van der Waals surface area contributed by atoms with E-state index in [4.69, 9.17) is 4.74 Å². The van der Waals surface area contributed by atoms with E-state index in [-0.39, 0.29) is 16.5 Å². The zero-order chi connectivity index (χ0) is 21.8. The van der Waals surface area contributed by atoms with Crippen molar-refractivity contribution in [3.8, 4) is 5.75 Å². The van der Waals surface area contributed by atoms with E-state index in [1.54, 1.807) is 24.1 Å². The van der Waals surface area contributed by atoms with Crippen molar-refractivity contribution in [1.29, 1.82) is 0 Å². The molecule has 2 aliphatic heterocycles. The van der Waals surface area contributed by atoms with Gasteiger partial charge in [0.25, 0.3) is 11.6 Å². The number of piperidine rings is 1. The zero-order valence-electron chi connectivity index (χ0n) is 17.8. The average molecular weight is 425 g/mol. The SMILES string of the molecule is COc1ccc(N2CCN(C(=O)c3ccc(N4CCCCC4)c([N+](=O)[O-])c3)CC2)cc1. The van der Waals surface area contributed by atoms with Gasteiger partial charge in [0.2, 0.25) is 0 Å².